The van der Waals surface area contributed by atoms with Crippen LogP contribution >= 0.6 is 0 Å². The van der Waals surface area contributed by atoms with E-state index in [1.807, 2.05) is 0 Å². The Morgan fingerprint density at radius 2 is 2.00 bits per heavy atom. The predicted molar refractivity (Wildman–Crippen MR) is 77.8 cm³/mol. The number of rotatable bonds is 3. The Labute approximate surface area is 119 Å². The van der Waals surface area contributed by atoms with Crippen LogP contribution in [0, 0.1) is 0 Å². The van der Waals surface area contributed by atoms with Crippen molar-refractivity contribution in [2.24, 2.45) is 0 Å². The van der Waals surface area contributed by atoms with Crippen LogP contribution in [0.3, 0.4) is 0 Å². The van der Waals surface area contributed by atoms with Gasteiger partial charge in [0.25, 0.3) is 0 Å². The predicted octanol–water partition coefficient (Wildman–Crippen LogP) is 2.62. The summed E-state index contributed by atoms with van der Waals surface area (Å²) in [5, 5.41) is 10.5. The Balaban J connectivity index is 2.25. The summed E-state index contributed by atoms with van der Waals surface area (Å²) in [5.74, 6) is -0.103. The van der Waals surface area contributed by atoms with Crippen molar-refractivity contribution in [1.82, 2.24) is 0 Å². The Kier molecular flexibility index (Phi) is 3.10. The first-order valence-corrected chi connectivity index (χ1v) is 6.37. The number of phenolic OH excluding ortho intramolecular Hbond substituents is 1. The Hall–Kier alpha value is -2.82. The molecule has 0 saturated carbocycles. The van der Waals surface area contributed by atoms with Gasteiger partial charge in [-0.05, 0) is 19.1 Å². The lowest BCUT2D eigenvalue weighted by molar-refractivity contribution is -0.118. The maximum absolute atomic E-state index is 12.4. The summed E-state index contributed by atoms with van der Waals surface area (Å²) in [6, 6.07) is 9.60. The van der Waals surface area contributed by atoms with Crippen molar-refractivity contribution in [1.29, 1.82) is 0 Å². The molecule has 0 saturated heterocycles. The van der Waals surface area contributed by atoms with E-state index < -0.39 is 0 Å². The largest absolute Gasteiger partial charge is 0.507 e. The van der Waals surface area contributed by atoms with E-state index in [0.29, 0.717) is 11.0 Å². The van der Waals surface area contributed by atoms with Crippen molar-refractivity contribution in [3.63, 3.8) is 0 Å². The number of ether oxygens (including phenoxy) is 1. The minimum Gasteiger partial charge on any atom is -0.507 e. The number of carbonyl (C=O) groups is 1. The maximum Gasteiger partial charge on any atom is 0.204 e. The third-order valence-corrected chi connectivity index (χ3v) is 3.08. The maximum atomic E-state index is 12.4. The molecule has 0 aliphatic rings. The number of ketones is 1. The van der Waals surface area contributed by atoms with Crippen molar-refractivity contribution in [2.75, 3.05) is 6.61 Å². The second kappa shape index (κ2) is 4.94. The molecule has 1 aromatic heterocycles. The average molecular weight is 284 g/mol. The molecular weight excluding hydrogens is 272 g/mol. The van der Waals surface area contributed by atoms with Gasteiger partial charge in [0.2, 0.25) is 5.43 Å². The molecular formula is C16H12O5. The third-order valence-electron chi connectivity index (χ3n) is 3.08. The summed E-state index contributed by atoms with van der Waals surface area (Å²) >= 11 is 0. The van der Waals surface area contributed by atoms with Gasteiger partial charge in [-0.2, -0.15) is 0 Å². The summed E-state index contributed by atoms with van der Waals surface area (Å²) in [6.07, 6.45) is 0. The van der Waals surface area contributed by atoms with Crippen molar-refractivity contribution < 1.29 is 19.1 Å². The van der Waals surface area contributed by atoms with Crippen molar-refractivity contribution in [2.45, 2.75) is 6.92 Å². The molecule has 0 fully saturated rings. The summed E-state index contributed by atoms with van der Waals surface area (Å²) in [7, 11) is 0. The lowest BCUT2D eigenvalue weighted by atomic mass is 10.1. The molecule has 21 heavy (non-hydrogen) atoms. The van der Waals surface area contributed by atoms with E-state index in [-0.39, 0.29) is 40.3 Å². The van der Waals surface area contributed by atoms with Crippen LogP contribution in [0.5, 0.6) is 11.5 Å². The molecule has 1 N–H and O–H groups in total. The number of phenols is 1. The number of Topliss-reactive ketones (excluding diaryl/α,β-unsaturated/α-hetero) is 1. The van der Waals surface area contributed by atoms with Crippen LogP contribution in [0.1, 0.15) is 6.92 Å². The summed E-state index contributed by atoms with van der Waals surface area (Å²) in [6.45, 7) is 1.29. The zero-order valence-electron chi connectivity index (χ0n) is 11.3. The molecule has 2 aromatic carbocycles. The van der Waals surface area contributed by atoms with Gasteiger partial charge in [-0.1, -0.05) is 12.1 Å². The zero-order valence-corrected chi connectivity index (χ0v) is 11.3. The van der Waals surface area contributed by atoms with Gasteiger partial charge >= 0.3 is 0 Å². The summed E-state index contributed by atoms with van der Waals surface area (Å²) in [5.41, 5.74) is 0.345. The molecule has 0 bridgehead atoms. The van der Waals surface area contributed by atoms with E-state index in [1.165, 1.54) is 19.1 Å². The van der Waals surface area contributed by atoms with Gasteiger partial charge in [0, 0.05) is 12.1 Å². The Bertz CT molecular complexity index is 908. The fourth-order valence-electron chi connectivity index (χ4n) is 2.15. The fraction of sp³-hybridized carbons (Fsp3) is 0.125. The first-order valence-electron chi connectivity index (χ1n) is 6.37. The molecule has 0 unspecified atom stereocenters. The first-order chi connectivity index (χ1) is 10.1. The molecule has 0 amide bonds. The number of fused-ring (bicyclic) bond motifs is 2. The van der Waals surface area contributed by atoms with Gasteiger partial charge in [-0.15, -0.1) is 0 Å². The summed E-state index contributed by atoms with van der Waals surface area (Å²) < 4.78 is 10.9. The third kappa shape index (κ3) is 2.33. The average Bonchev–Trinajstić information content (AvgIpc) is 2.45. The molecule has 0 aliphatic carbocycles. The molecule has 0 spiro atoms. The number of hydrogen-bond acceptors (Lipinski definition) is 5. The van der Waals surface area contributed by atoms with Gasteiger partial charge in [0.05, 0.1) is 5.39 Å². The molecule has 3 aromatic rings. The highest BCUT2D eigenvalue weighted by Gasteiger charge is 2.13. The van der Waals surface area contributed by atoms with E-state index in [1.54, 1.807) is 24.3 Å². The highest BCUT2D eigenvalue weighted by molar-refractivity contribution is 5.93. The molecule has 1 heterocycles. The van der Waals surface area contributed by atoms with E-state index >= 15 is 0 Å². The van der Waals surface area contributed by atoms with Gasteiger partial charge in [0.15, 0.2) is 5.78 Å². The standard InChI is InChI=1S/C16H12O5/c1-9(17)8-20-10-6-12(18)15-14(7-10)21-13-5-3-2-4-11(13)16(15)19/h2-7,18H,8H2,1H3. The Morgan fingerprint density at radius 1 is 1.24 bits per heavy atom. The van der Waals surface area contributed by atoms with Crippen molar-refractivity contribution >= 4 is 27.7 Å². The quantitative estimate of drug-likeness (QED) is 0.748. The number of para-hydroxylation sites is 1. The lowest BCUT2D eigenvalue weighted by Crippen LogP contribution is -2.07. The van der Waals surface area contributed by atoms with Crippen LogP contribution in [0.4, 0.5) is 0 Å². The highest BCUT2D eigenvalue weighted by atomic mass is 16.5. The van der Waals surface area contributed by atoms with Gasteiger partial charge in [-0.25, -0.2) is 0 Å². The van der Waals surface area contributed by atoms with Crippen LogP contribution in [0.25, 0.3) is 21.9 Å². The Morgan fingerprint density at radius 3 is 2.76 bits per heavy atom. The SMILES string of the molecule is CC(=O)COc1cc(O)c2c(=O)c3ccccc3oc2c1. The van der Waals surface area contributed by atoms with Crippen molar-refractivity contribution in [3.05, 3.63) is 46.6 Å². The molecule has 5 nitrogen and oxygen atoms in total. The minimum absolute atomic E-state index is 0.101. The topological polar surface area (TPSA) is 76.7 Å². The second-order valence-corrected chi connectivity index (χ2v) is 4.73. The fourth-order valence-corrected chi connectivity index (χ4v) is 2.15. The molecule has 0 radical (unpaired) electrons. The van der Waals surface area contributed by atoms with Crippen LogP contribution in [-0.4, -0.2) is 17.5 Å². The van der Waals surface area contributed by atoms with Crippen LogP contribution in [-0.2, 0) is 4.79 Å². The number of benzene rings is 2. The van der Waals surface area contributed by atoms with E-state index in [9.17, 15) is 14.7 Å². The van der Waals surface area contributed by atoms with E-state index in [2.05, 4.69) is 0 Å². The second-order valence-electron chi connectivity index (χ2n) is 4.73. The van der Waals surface area contributed by atoms with Crippen LogP contribution in [0.2, 0.25) is 0 Å². The van der Waals surface area contributed by atoms with Gasteiger partial charge in [-0.3, -0.25) is 9.59 Å². The molecule has 0 atom stereocenters. The molecule has 5 heteroatoms. The van der Waals surface area contributed by atoms with E-state index in [4.69, 9.17) is 9.15 Å². The van der Waals surface area contributed by atoms with Gasteiger partial charge < -0.3 is 14.3 Å². The minimum atomic E-state index is -0.303. The van der Waals surface area contributed by atoms with E-state index in [0.717, 1.165) is 0 Å². The monoisotopic (exact) mass is 284 g/mol. The van der Waals surface area contributed by atoms with Gasteiger partial charge in [0.1, 0.15) is 34.7 Å². The van der Waals surface area contributed by atoms with Crippen LogP contribution < -0.4 is 10.2 Å². The zero-order chi connectivity index (χ0) is 15.0. The van der Waals surface area contributed by atoms with Crippen molar-refractivity contribution in [3.8, 4) is 11.5 Å². The molecule has 0 aliphatic heterocycles. The number of aromatic hydroxyl groups is 1. The number of carbonyl (C=O) groups excluding carboxylic acids is 1. The first kappa shape index (κ1) is 13.2. The normalized spacial score (nSPS) is 10.9. The molecule has 3 rings (SSSR count). The van der Waals surface area contributed by atoms with Crippen LogP contribution in [0.15, 0.2) is 45.6 Å². The molecule has 106 valence electrons. The summed E-state index contributed by atoms with van der Waals surface area (Å²) in [4.78, 5) is 23.3. The highest BCUT2D eigenvalue weighted by Crippen LogP contribution is 2.30. The number of hydrogen-bond donors (Lipinski definition) is 1. The smallest absolute Gasteiger partial charge is 0.204 e. The lowest BCUT2D eigenvalue weighted by Gasteiger charge is -2.07.